The number of hydrogen-bond acceptors (Lipinski definition) is 15. The summed E-state index contributed by atoms with van der Waals surface area (Å²) in [6.07, 6.45) is -5.56. The molecule has 0 N–H and O–H groups in total. The van der Waals surface area contributed by atoms with E-state index in [0.717, 1.165) is 0 Å². The van der Waals surface area contributed by atoms with Crippen molar-refractivity contribution in [3.8, 4) is 0 Å². The predicted octanol–water partition coefficient (Wildman–Crippen LogP) is 2.36. The minimum Gasteiger partial charge on any atom is -0.462 e. The van der Waals surface area contributed by atoms with Gasteiger partial charge in [0.05, 0.1) is 24.4 Å². The van der Waals surface area contributed by atoms with Crippen molar-refractivity contribution in [3.63, 3.8) is 0 Å². The molecule has 6 fully saturated rings. The van der Waals surface area contributed by atoms with Crippen LogP contribution >= 0.6 is 0 Å². The van der Waals surface area contributed by atoms with Gasteiger partial charge in [-0.3, -0.25) is 24.1 Å². The molecule has 55 heavy (non-hydrogen) atoms. The van der Waals surface area contributed by atoms with Crippen molar-refractivity contribution in [3.05, 3.63) is 35.9 Å². The van der Waals surface area contributed by atoms with Crippen molar-refractivity contribution in [1.82, 2.24) is 4.90 Å². The standard InChI is InChI=1S/C40H53NO14/c1-10-41-18-37(19-47-6)26(51-20(2)42)16-27(48-7)39-25-17-38(54-22(4)44)33(53-36(46)24-14-12-11-13-15-24)28(25)40(55-23(5)45,35(34(38)50-9)52-21(3)43)29(32(39)41)30(49-8)31(37)39/h11-15,25-35H,10,16-19H2,1-9H3/t25-,26+,27?,28+,29?,30-,31+,32?,33+,34-,35-,37-,38+,39?,40+/m0/s1. The van der Waals surface area contributed by atoms with Crippen LogP contribution in [0.4, 0.5) is 0 Å². The molecule has 0 radical (unpaired) electrons. The van der Waals surface area contributed by atoms with Crippen LogP contribution in [-0.2, 0) is 61.8 Å². The first-order valence-electron chi connectivity index (χ1n) is 19.0. The number of methoxy groups -OCH3 is 4. The van der Waals surface area contributed by atoms with Gasteiger partial charge in [0.1, 0.15) is 12.2 Å². The Balaban J connectivity index is 1.60. The van der Waals surface area contributed by atoms with Crippen molar-refractivity contribution in [2.45, 2.75) is 101 Å². The number of ether oxygens (including phenoxy) is 9. The lowest BCUT2D eigenvalue weighted by Crippen LogP contribution is -2.82. The molecule has 15 atom stereocenters. The van der Waals surface area contributed by atoms with Crippen molar-refractivity contribution in [1.29, 1.82) is 0 Å². The van der Waals surface area contributed by atoms with E-state index in [1.165, 1.54) is 34.8 Å². The van der Waals surface area contributed by atoms with Crippen LogP contribution in [0.1, 0.15) is 57.8 Å². The van der Waals surface area contributed by atoms with Crippen LogP contribution in [0.25, 0.3) is 0 Å². The highest BCUT2D eigenvalue weighted by molar-refractivity contribution is 5.89. The third-order valence-electron chi connectivity index (χ3n) is 14.0. The highest BCUT2D eigenvalue weighted by atomic mass is 16.7. The van der Waals surface area contributed by atoms with E-state index in [-0.39, 0.29) is 18.6 Å². The maximum atomic E-state index is 14.2. The lowest BCUT2D eigenvalue weighted by molar-refractivity contribution is -0.325. The molecule has 302 valence electrons. The summed E-state index contributed by atoms with van der Waals surface area (Å²) < 4.78 is 57.9. The van der Waals surface area contributed by atoms with E-state index >= 15 is 0 Å². The van der Waals surface area contributed by atoms with Crippen molar-refractivity contribution in [2.75, 3.05) is 48.1 Å². The average molecular weight is 772 g/mol. The van der Waals surface area contributed by atoms with Gasteiger partial charge in [0.15, 0.2) is 23.4 Å². The summed E-state index contributed by atoms with van der Waals surface area (Å²) in [5.74, 6) is -5.98. The van der Waals surface area contributed by atoms with E-state index in [1.54, 1.807) is 51.7 Å². The Labute approximate surface area is 320 Å². The monoisotopic (exact) mass is 771 g/mol. The Hall–Kier alpha value is -3.63. The Bertz CT molecular complexity index is 1710. The molecule has 0 aromatic heterocycles. The van der Waals surface area contributed by atoms with Gasteiger partial charge in [0.2, 0.25) is 0 Å². The summed E-state index contributed by atoms with van der Waals surface area (Å²) >= 11 is 0. The fourth-order valence-corrected chi connectivity index (χ4v) is 13.4. The van der Waals surface area contributed by atoms with Crippen LogP contribution in [0.15, 0.2) is 30.3 Å². The second-order valence-corrected chi connectivity index (χ2v) is 16.1. The van der Waals surface area contributed by atoms with E-state index < -0.39 is 118 Å². The number of rotatable bonds is 12. The molecular weight excluding hydrogens is 718 g/mol. The van der Waals surface area contributed by atoms with E-state index in [2.05, 4.69) is 4.90 Å². The first-order valence-corrected chi connectivity index (χ1v) is 19.0. The quantitative estimate of drug-likeness (QED) is 0.224. The molecule has 1 aromatic carbocycles. The molecule has 1 saturated heterocycles. The van der Waals surface area contributed by atoms with Crippen molar-refractivity contribution >= 4 is 29.8 Å². The molecular formula is C40H53NO14. The largest absolute Gasteiger partial charge is 0.462 e. The Kier molecular flexibility index (Phi) is 10.1. The number of fused-ring (bicyclic) bond motifs is 2. The third-order valence-corrected chi connectivity index (χ3v) is 14.0. The summed E-state index contributed by atoms with van der Waals surface area (Å²) in [7, 11) is 6.23. The number of carbonyl (C=O) groups is 5. The molecule has 5 saturated carbocycles. The molecule has 7 bridgehead atoms. The number of carbonyl (C=O) groups excluding carboxylic acids is 5. The third kappa shape index (κ3) is 5.21. The summed E-state index contributed by atoms with van der Waals surface area (Å²) in [6.45, 7) is 8.33. The van der Waals surface area contributed by atoms with E-state index in [0.29, 0.717) is 19.5 Å². The summed E-state index contributed by atoms with van der Waals surface area (Å²) in [5, 5.41) is 0. The summed E-state index contributed by atoms with van der Waals surface area (Å²) in [4.78, 5) is 69.8. The van der Waals surface area contributed by atoms with Gasteiger partial charge in [-0.05, 0) is 31.0 Å². The number of benzene rings is 1. The molecule has 1 spiro atoms. The average Bonchev–Trinajstić information content (AvgIpc) is 3.51. The molecule has 1 aromatic rings. The van der Waals surface area contributed by atoms with Crippen LogP contribution in [0, 0.1) is 34.5 Å². The first-order chi connectivity index (χ1) is 26.2. The molecule has 6 aliphatic rings. The van der Waals surface area contributed by atoms with Gasteiger partial charge in [-0.1, -0.05) is 25.1 Å². The molecule has 1 aliphatic heterocycles. The zero-order valence-electron chi connectivity index (χ0n) is 32.9. The molecule has 5 aliphatic carbocycles. The van der Waals surface area contributed by atoms with Gasteiger partial charge in [-0.2, -0.15) is 0 Å². The minimum absolute atomic E-state index is 0.0537. The normalized spacial score (nSPS) is 43.3. The van der Waals surface area contributed by atoms with E-state index in [4.69, 9.17) is 42.6 Å². The van der Waals surface area contributed by atoms with Crippen molar-refractivity contribution < 1.29 is 66.6 Å². The Morgan fingerprint density at radius 3 is 1.96 bits per heavy atom. The number of likely N-dealkylation sites (tertiary alicyclic amines) is 1. The number of hydrogen-bond donors (Lipinski definition) is 0. The zero-order valence-corrected chi connectivity index (χ0v) is 32.9. The number of piperidine rings is 1. The van der Waals surface area contributed by atoms with Crippen LogP contribution in [0.5, 0.6) is 0 Å². The molecule has 1 heterocycles. The van der Waals surface area contributed by atoms with Crippen LogP contribution in [0.3, 0.4) is 0 Å². The molecule has 4 unspecified atom stereocenters. The minimum atomic E-state index is -1.77. The maximum absolute atomic E-state index is 14.2. The molecule has 15 nitrogen and oxygen atoms in total. The SMILES string of the molecule is CCN1C[C@]2(COC)[C@H](OC(C)=O)CC(OC)C34C1C([C@H](OC)[C@@H]32)[C@]1(OC(C)=O)[C@H]2[C@@H](OC(=O)c3ccccc3)[C@](OC(C)=O)(C[C@@H]24)[C@@H](OC)[C@@H]1OC(C)=O. The van der Waals surface area contributed by atoms with Gasteiger partial charge in [0.25, 0.3) is 0 Å². The zero-order chi connectivity index (χ0) is 39.8. The lowest BCUT2D eigenvalue weighted by Gasteiger charge is -2.70. The second kappa shape index (κ2) is 14.1. The van der Waals surface area contributed by atoms with E-state index in [1.807, 2.05) is 6.92 Å². The van der Waals surface area contributed by atoms with Crippen LogP contribution < -0.4 is 0 Å². The highest BCUT2D eigenvalue weighted by Gasteiger charge is 2.93. The predicted molar refractivity (Wildman–Crippen MR) is 189 cm³/mol. The fourth-order valence-electron chi connectivity index (χ4n) is 13.4. The van der Waals surface area contributed by atoms with Crippen LogP contribution in [0.2, 0.25) is 0 Å². The van der Waals surface area contributed by atoms with E-state index in [9.17, 15) is 24.0 Å². The van der Waals surface area contributed by atoms with Crippen molar-refractivity contribution in [2.24, 2.45) is 34.5 Å². The van der Waals surface area contributed by atoms with Gasteiger partial charge in [-0.25, -0.2) is 4.79 Å². The second-order valence-electron chi connectivity index (χ2n) is 16.1. The Morgan fingerprint density at radius 2 is 1.42 bits per heavy atom. The summed E-state index contributed by atoms with van der Waals surface area (Å²) in [6, 6.07) is 7.98. The van der Waals surface area contributed by atoms with Crippen LogP contribution in [-0.4, -0.2) is 137 Å². The summed E-state index contributed by atoms with van der Waals surface area (Å²) in [5.41, 5.74) is -5.03. The number of esters is 5. The van der Waals surface area contributed by atoms with Gasteiger partial charge >= 0.3 is 29.8 Å². The highest BCUT2D eigenvalue weighted by Crippen LogP contribution is 2.81. The first kappa shape index (κ1) is 39.6. The maximum Gasteiger partial charge on any atom is 0.338 e. The fraction of sp³-hybridized carbons (Fsp3) is 0.725. The topological polar surface area (TPSA) is 172 Å². The Morgan fingerprint density at radius 1 is 0.745 bits per heavy atom. The van der Waals surface area contributed by atoms with Gasteiger partial charge in [-0.15, -0.1) is 0 Å². The lowest BCUT2D eigenvalue weighted by atomic mass is 9.42. The molecule has 0 amide bonds. The smallest absolute Gasteiger partial charge is 0.338 e. The molecule has 7 rings (SSSR count). The van der Waals surface area contributed by atoms with Gasteiger partial charge < -0.3 is 42.6 Å². The molecule has 15 heteroatoms. The van der Waals surface area contributed by atoms with Gasteiger partial charge in [0, 0.05) is 104 Å². The number of nitrogens with zero attached hydrogens (tertiary/aromatic N) is 1.